The molecule has 134 valence electrons. The zero-order chi connectivity index (χ0) is 18.2. The summed E-state index contributed by atoms with van der Waals surface area (Å²) in [5.41, 5.74) is 2.20. The van der Waals surface area contributed by atoms with Crippen LogP contribution in [-0.4, -0.2) is 44.7 Å². The molecule has 0 aliphatic rings. The number of carbonyl (C=O) groups is 1. The van der Waals surface area contributed by atoms with Gasteiger partial charge in [0.05, 0.1) is 7.11 Å². The number of methoxy groups -OCH3 is 1. The summed E-state index contributed by atoms with van der Waals surface area (Å²) in [5, 5.41) is 3.00. The molecular formula is C20H27N3O2. The van der Waals surface area contributed by atoms with Gasteiger partial charge in [0.2, 0.25) is 0 Å². The summed E-state index contributed by atoms with van der Waals surface area (Å²) in [5.74, 6) is 0.814. The van der Waals surface area contributed by atoms with Crippen LogP contribution in [0, 0.1) is 0 Å². The fourth-order valence-electron chi connectivity index (χ4n) is 2.50. The molecule has 0 aromatic heterocycles. The number of para-hydroxylation sites is 1. The Labute approximate surface area is 150 Å². The lowest BCUT2D eigenvalue weighted by Gasteiger charge is -2.28. The van der Waals surface area contributed by atoms with Crippen LogP contribution in [0.5, 0.6) is 5.75 Å². The van der Waals surface area contributed by atoms with Gasteiger partial charge in [-0.15, -0.1) is 0 Å². The van der Waals surface area contributed by atoms with E-state index in [4.69, 9.17) is 4.74 Å². The lowest BCUT2D eigenvalue weighted by atomic mass is 10.2. The van der Waals surface area contributed by atoms with Gasteiger partial charge in [-0.05, 0) is 36.8 Å². The average molecular weight is 341 g/mol. The molecule has 0 saturated heterocycles. The summed E-state index contributed by atoms with van der Waals surface area (Å²) in [6.07, 6.45) is 0. The van der Waals surface area contributed by atoms with Gasteiger partial charge in [-0.25, -0.2) is 4.79 Å². The third kappa shape index (κ3) is 5.41. The van der Waals surface area contributed by atoms with Crippen LogP contribution >= 0.6 is 0 Å². The molecule has 0 bridgehead atoms. The second-order valence-corrected chi connectivity index (χ2v) is 6.19. The molecule has 2 amide bonds. The topological polar surface area (TPSA) is 44.8 Å². The number of hydrogen-bond acceptors (Lipinski definition) is 3. The van der Waals surface area contributed by atoms with Gasteiger partial charge in [0.15, 0.2) is 0 Å². The van der Waals surface area contributed by atoms with Crippen molar-refractivity contribution in [3.63, 3.8) is 0 Å². The fraction of sp³-hybridized carbons (Fsp3) is 0.350. The molecule has 1 N–H and O–H groups in total. The summed E-state index contributed by atoms with van der Waals surface area (Å²) in [7, 11) is 5.47. The van der Waals surface area contributed by atoms with Crippen LogP contribution in [0.25, 0.3) is 0 Å². The summed E-state index contributed by atoms with van der Waals surface area (Å²) >= 11 is 0. The van der Waals surface area contributed by atoms with Gasteiger partial charge in [0.1, 0.15) is 5.75 Å². The lowest BCUT2D eigenvalue weighted by molar-refractivity contribution is 0.206. The van der Waals surface area contributed by atoms with E-state index in [0.29, 0.717) is 13.1 Å². The molecule has 2 aromatic carbocycles. The monoisotopic (exact) mass is 341 g/mol. The van der Waals surface area contributed by atoms with Gasteiger partial charge in [-0.1, -0.05) is 30.3 Å². The van der Waals surface area contributed by atoms with Crippen LogP contribution in [0.1, 0.15) is 12.5 Å². The highest BCUT2D eigenvalue weighted by Gasteiger charge is 2.13. The Hall–Kier alpha value is -2.69. The number of amides is 2. The average Bonchev–Trinajstić information content (AvgIpc) is 2.66. The smallest absolute Gasteiger partial charge is 0.317 e. The third-order valence-electron chi connectivity index (χ3n) is 4.30. The first-order valence-corrected chi connectivity index (χ1v) is 8.41. The lowest BCUT2D eigenvalue weighted by Crippen LogP contribution is -2.44. The first-order valence-electron chi connectivity index (χ1n) is 8.41. The molecule has 2 aromatic rings. The van der Waals surface area contributed by atoms with Crippen LogP contribution in [0.2, 0.25) is 0 Å². The van der Waals surface area contributed by atoms with Gasteiger partial charge in [-0.3, -0.25) is 0 Å². The number of nitrogens with zero attached hydrogens (tertiary/aromatic N) is 2. The third-order valence-corrected chi connectivity index (χ3v) is 4.30. The van der Waals surface area contributed by atoms with E-state index >= 15 is 0 Å². The van der Waals surface area contributed by atoms with Crippen LogP contribution in [0.3, 0.4) is 0 Å². The van der Waals surface area contributed by atoms with E-state index in [1.54, 1.807) is 19.1 Å². The maximum atomic E-state index is 12.3. The highest BCUT2D eigenvalue weighted by Crippen LogP contribution is 2.14. The maximum Gasteiger partial charge on any atom is 0.317 e. The predicted octanol–water partition coefficient (Wildman–Crippen LogP) is 3.36. The summed E-state index contributed by atoms with van der Waals surface area (Å²) < 4.78 is 5.15. The van der Waals surface area contributed by atoms with Gasteiger partial charge in [-0.2, -0.15) is 0 Å². The number of hydrogen-bond donors (Lipinski definition) is 1. The summed E-state index contributed by atoms with van der Waals surface area (Å²) in [6.45, 7) is 3.23. The molecule has 5 nitrogen and oxygen atoms in total. The Morgan fingerprint density at radius 2 is 1.72 bits per heavy atom. The minimum absolute atomic E-state index is 0.0795. The number of benzene rings is 2. The van der Waals surface area contributed by atoms with E-state index in [1.807, 2.05) is 49.5 Å². The van der Waals surface area contributed by atoms with Gasteiger partial charge in [0.25, 0.3) is 0 Å². The number of rotatable bonds is 7. The molecule has 0 aliphatic carbocycles. The van der Waals surface area contributed by atoms with E-state index in [1.165, 1.54) is 0 Å². The number of anilines is 1. The Morgan fingerprint density at radius 1 is 1.08 bits per heavy atom. The van der Waals surface area contributed by atoms with E-state index in [-0.39, 0.29) is 12.1 Å². The van der Waals surface area contributed by atoms with Gasteiger partial charge in [0, 0.05) is 38.9 Å². The normalized spacial score (nSPS) is 11.5. The molecule has 0 aliphatic heterocycles. The second-order valence-electron chi connectivity index (χ2n) is 6.19. The predicted molar refractivity (Wildman–Crippen MR) is 102 cm³/mol. The molecule has 1 atom stereocenters. The Morgan fingerprint density at radius 3 is 2.32 bits per heavy atom. The van der Waals surface area contributed by atoms with Crippen molar-refractivity contribution in [1.29, 1.82) is 0 Å². The zero-order valence-electron chi connectivity index (χ0n) is 15.4. The maximum absolute atomic E-state index is 12.3. The van der Waals surface area contributed by atoms with Crippen molar-refractivity contribution >= 4 is 11.7 Å². The van der Waals surface area contributed by atoms with E-state index in [0.717, 1.165) is 17.0 Å². The fourth-order valence-corrected chi connectivity index (χ4v) is 2.50. The Bertz CT molecular complexity index is 658. The molecule has 2 rings (SSSR count). The van der Waals surface area contributed by atoms with Crippen molar-refractivity contribution in [3.05, 3.63) is 60.2 Å². The number of urea groups is 1. The van der Waals surface area contributed by atoms with Crippen molar-refractivity contribution in [3.8, 4) is 5.75 Å². The molecule has 0 fully saturated rings. The first kappa shape index (κ1) is 18.6. The minimum atomic E-state index is -0.0795. The Balaban J connectivity index is 1.82. The number of likely N-dealkylation sites (N-methyl/N-ethyl adjacent to an activating group) is 1. The number of ether oxygens (including phenoxy) is 1. The zero-order valence-corrected chi connectivity index (χ0v) is 15.4. The van der Waals surface area contributed by atoms with E-state index < -0.39 is 0 Å². The van der Waals surface area contributed by atoms with Crippen LogP contribution in [0.15, 0.2) is 54.6 Å². The second kappa shape index (κ2) is 8.97. The van der Waals surface area contributed by atoms with Crippen molar-refractivity contribution in [2.75, 3.05) is 32.6 Å². The molecule has 0 heterocycles. The number of carbonyl (C=O) groups excluding carboxylic acids is 1. The van der Waals surface area contributed by atoms with Crippen molar-refractivity contribution in [2.24, 2.45) is 0 Å². The highest BCUT2D eigenvalue weighted by atomic mass is 16.5. The minimum Gasteiger partial charge on any atom is -0.497 e. The van der Waals surface area contributed by atoms with Crippen LogP contribution in [-0.2, 0) is 6.54 Å². The van der Waals surface area contributed by atoms with E-state index in [2.05, 4.69) is 29.3 Å². The summed E-state index contributed by atoms with van der Waals surface area (Å²) in [4.78, 5) is 16.1. The number of nitrogens with one attached hydrogen (secondary N) is 1. The molecule has 0 spiro atoms. The molecule has 5 heteroatoms. The largest absolute Gasteiger partial charge is 0.497 e. The van der Waals surface area contributed by atoms with Crippen molar-refractivity contribution < 1.29 is 9.53 Å². The molecular weight excluding hydrogens is 314 g/mol. The molecule has 0 radical (unpaired) electrons. The van der Waals surface area contributed by atoms with Crippen molar-refractivity contribution in [1.82, 2.24) is 10.2 Å². The first-order chi connectivity index (χ1) is 12.0. The molecule has 25 heavy (non-hydrogen) atoms. The van der Waals surface area contributed by atoms with E-state index in [9.17, 15) is 4.79 Å². The van der Waals surface area contributed by atoms with Crippen LogP contribution in [0.4, 0.5) is 10.5 Å². The van der Waals surface area contributed by atoms with Gasteiger partial charge < -0.3 is 19.9 Å². The quantitative estimate of drug-likeness (QED) is 0.840. The standard InChI is InChI=1S/C20H27N3O2/c1-16(23(3)18-8-6-5-7-9-18)14-21-20(24)22(2)15-17-10-12-19(25-4)13-11-17/h5-13,16H,14-15H2,1-4H3,(H,21,24). The molecule has 0 saturated carbocycles. The Kier molecular flexibility index (Phi) is 6.69. The SMILES string of the molecule is COc1ccc(CN(C)C(=O)NCC(C)N(C)c2ccccc2)cc1. The summed E-state index contributed by atoms with van der Waals surface area (Å²) in [6, 6.07) is 18.0. The van der Waals surface area contributed by atoms with Crippen molar-refractivity contribution in [2.45, 2.75) is 19.5 Å². The van der Waals surface area contributed by atoms with Gasteiger partial charge >= 0.3 is 6.03 Å². The van der Waals surface area contributed by atoms with Crippen LogP contribution < -0.4 is 15.0 Å². The molecule has 1 unspecified atom stereocenters. The highest BCUT2D eigenvalue weighted by molar-refractivity contribution is 5.74.